The number of hydrogen-bond acceptors (Lipinski definition) is 6. The van der Waals surface area contributed by atoms with E-state index in [1.807, 2.05) is 6.07 Å². The molecule has 2 aliphatic rings. The Bertz CT molecular complexity index is 687. The van der Waals surface area contributed by atoms with E-state index in [0.29, 0.717) is 6.42 Å². The first-order valence-corrected chi connectivity index (χ1v) is 8.49. The molecule has 0 spiro atoms. The monoisotopic (exact) mass is 314 g/mol. The Labute approximate surface area is 135 Å². The summed E-state index contributed by atoms with van der Waals surface area (Å²) in [6.45, 7) is 5.86. The number of fused-ring (bicyclic) bond motifs is 1. The second kappa shape index (κ2) is 6.28. The van der Waals surface area contributed by atoms with Crippen LogP contribution in [0.25, 0.3) is 11.0 Å². The summed E-state index contributed by atoms with van der Waals surface area (Å²) in [6.07, 6.45) is 4.93. The van der Waals surface area contributed by atoms with Crippen molar-refractivity contribution < 1.29 is 9.42 Å². The van der Waals surface area contributed by atoms with Crippen molar-refractivity contribution >= 4 is 23.0 Å². The van der Waals surface area contributed by atoms with Crippen molar-refractivity contribution in [3.8, 4) is 0 Å². The highest BCUT2D eigenvalue weighted by Crippen LogP contribution is 2.32. The topological polar surface area (TPSA) is 62.5 Å². The number of aldehydes is 1. The van der Waals surface area contributed by atoms with Crippen LogP contribution in [-0.4, -0.2) is 54.2 Å². The van der Waals surface area contributed by atoms with E-state index >= 15 is 0 Å². The summed E-state index contributed by atoms with van der Waals surface area (Å²) in [5.41, 5.74) is 3.84. The van der Waals surface area contributed by atoms with Crippen LogP contribution >= 0.6 is 0 Å². The summed E-state index contributed by atoms with van der Waals surface area (Å²) >= 11 is 0. The number of aryl methyl sites for hydroxylation is 1. The van der Waals surface area contributed by atoms with Crippen molar-refractivity contribution in [3.05, 3.63) is 17.7 Å². The fourth-order valence-electron chi connectivity index (χ4n) is 3.75. The van der Waals surface area contributed by atoms with Crippen molar-refractivity contribution in [2.75, 3.05) is 37.6 Å². The van der Waals surface area contributed by atoms with Crippen molar-refractivity contribution in [1.29, 1.82) is 0 Å². The molecule has 1 aromatic carbocycles. The van der Waals surface area contributed by atoms with Gasteiger partial charge in [0.1, 0.15) is 11.8 Å². The third-order valence-electron chi connectivity index (χ3n) is 4.96. The summed E-state index contributed by atoms with van der Waals surface area (Å²) in [5.74, 6) is 0.738. The van der Waals surface area contributed by atoms with Crippen LogP contribution in [0.3, 0.4) is 0 Å². The molecule has 0 saturated carbocycles. The van der Waals surface area contributed by atoms with Gasteiger partial charge in [0.05, 0.1) is 5.69 Å². The molecule has 4 rings (SSSR count). The maximum absolute atomic E-state index is 10.6. The lowest BCUT2D eigenvalue weighted by Gasteiger charge is -2.42. The highest BCUT2D eigenvalue weighted by Gasteiger charge is 2.31. The van der Waals surface area contributed by atoms with E-state index in [4.69, 9.17) is 4.63 Å². The summed E-state index contributed by atoms with van der Waals surface area (Å²) in [5, 5.41) is 8.05. The SMILES string of the molecule is O=CCCc1cc(N2CC(CN3CCCC3)C2)c2nonc2c1. The molecule has 0 aliphatic carbocycles. The zero-order chi connectivity index (χ0) is 15.6. The zero-order valence-corrected chi connectivity index (χ0v) is 13.3. The third kappa shape index (κ3) is 2.95. The second-order valence-corrected chi connectivity index (χ2v) is 6.73. The molecule has 23 heavy (non-hydrogen) atoms. The summed E-state index contributed by atoms with van der Waals surface area (Å²) in [7, 11) is 0. The lowest BCUT2D eigenvalue weighted by Crippen LogP contribution is -2.51. The Kier molecular flexibility index (Phi) is 3.99. The minimum absolute atomic E-state index is 0.536. The van der Waals surface area contributed by atoms with Gasteiger partial charge in [-0.15, -0.1) is 0 Å². The normalized spacial score (nSPS) is 19.4. The fraction of sp³-hybridized carbons (Fsp3) is 0.588. The highest BCUT2D eigenvalue weighted by atomic mass is 16.6. The summed E-state index contributed by atoms with van der Waals surface area (Å²) in [6, 6.07) is 4.11. The van der Waals surface area contributed by atoms with Crippen LogP contribution in [0.1, 0.15) is 24.8 Å². The Morgan fingerprint density at radius 1 is 1.22 bits per heavy atom. The number of nitrogens with zero attached hydrogens (tertiary/aromatic N) is 4. The Morgan fingerprint density at radius 2 is 2.04 bits per heavy atom. The molecule has 2 fully saturated rings. The van der Waals surface area contributed by atoms with Crippen LogP contribution in [0.2, 0.25) is 0 Å². The average molecular weight is 314 g/mol. The first-order valence-electron chi connectivity index (χ1n) is 8.49. The minimum atomic E-state index is 0.536. The lowest BCUT2D eigenvalue weighted by atomic mass is 9.97. The number of carbonyl (C=O) groups is 1. The standard InChI is InChI=1S/C17H22N4O2/c22-7-3-4-13-8-15-17(19-23-18-15)16(9-13)21-11-14(12-21)10-20-5-1-2-6-20/h7-9,14H,1-6,10-12H2. The van der Waals surface area contributed by atoms with E-state index in [1.165, 1.54) is 32.5 Å². The molecule has 0 bridgehead atoms. The maximum atomic E-state index is 10.6. The van der Waals surface area contributed by atoms with Crippen LogP contribution in [0.4, 0.5) is 5.69 Å². The minimum Gasteiger partial charge on any atom is -0.369 e. The largest absolute Gasteiger partial charge is 0.369 e. The van der Waals surface area contributed by atoms with E-state index in [-0.39, 0.29) is 0 Å². The lowest BCUT2D eigenvalue weighted by molar-refractivity contribution is -0.107. The molecule has 1 aromatic heterocycles. The van der Waals surface area contributed by atoms with Gasteiger partial charge in [-0.05, 0) is 60.4 Å². The van der Waals surface area contributed by atoms with Gasteiger partial charge in [0.2, 0.25) is 0 Å². The van der Waals surface area contributed by atoms with Crippen molar-refractivity contribution in [2.24, 2.45) is 5.92 Å². The van der Waals surface area contributed by atoms with Crippen LogP contribution < -0.4 is 4.90 Å². The van der Waals surface area contributed by atoms with E-state index in [1.54, 1.807) is 0 Å². The number of rotatable bonds is 6. The molecule has 3 heterocycles. The first-order chi connectivity index (χ1) is 11.3. The molecular weight excluding hydrogens is 292 g/mol. The smallest absolute Gasteiger partial charge is 0.158 e. The fourth-order valence-corrected chi connectivity index (χ4v) is 3.75. The number of benzene rings is 1. The molecule has 0 radical (unpaired) electrons. The molecule has 6 heteroatoms. The molecule has 6 nitrogen and oxygen atoms in total. The second-order valence-electron chi connectivity index (χ2n) is 6.73. The van der Waals surface area contributed by atoms with Gasteiger partial charge in [0, 0.05) is 32.0 Å². The van der Waals surface area contributed by atoms with Crippen LogP contribution in [0, 0.1) is 5.92 Å². The van der Waals surface area contributed by atoms with Crippen molar-refractivity contribution in [3.63, 3.8) is 0 Å². The van der Waals surface area contributed by atoms with Gasteiger partial charge < -0.3 is 14.6 Å². The predicted molar refractivity (Wildman–Crippen MR) is 87.6 cm³/mol. The maximum Gasteiger partial charge on any atom is 0.158 e. The molecule has 2 aliphatic heterocycles. The zero-order valence-electron chi connectivity index (χ0n) is 13.3. The molecule has 0 N–H and O–H groups in total. The van der Waals surface area contributed by atoms with Crippen LogP contribution in [0.15, 0.2) is 16.8 Å². The molecule has 122 valence electrons. The Hall–Kier alpha value is -1.95. The van der Waals surface area contributed by atoms with Crippen LogP contribution in [-0.2, 0) is 11.2 Å². The van der Waals surface area contributed by atoms with Crippen LogP contribution in [0.5, 0.6) is 0 Å². The van der Waals surface area contributed by atoms with Gasteiger partial charge >= 0.3 is 0 Å². The van der Waals surface area contributed by atoms with Crippen molar-refractivity contribution in [1.82, 2.24) is 15.2 Å². The van der Waals surface area contributed by atoms with Gasteiger partial charge in [0.15, 0.2) is 5.52 Å². The summed E-state index contributed by atoms with van der Waals surface area (Å²) < 4.78 is 4.91. The Morgan fingerprint density at radius 3 is 2.83 bits per heavy atom. The number of likely N-dealkylation sites (tertiary alicyclic amines) is 1. The van der Waals surface area contributed by atoms with E-state index in [0.717, 1.165) is 54.0 Å². The number of anilines is 1. The van der Waals surface area contributed by atoms with E-state index in [2.05, 4.69) is 26.2 Å². The Balaban J connectivity index is 1.47. The molecule has 0 amide bonds. The first kappa shape index (κ1) is 14.6. The molecule has 0 atom stereocenters. The quantitative estimate of drug-likeness (QED) is 0.759. The van der Waals surface area contributed by atoms with Gasteiger partial charge in [-0.2, -0.15) is 0 Å². The van der Waals surface area contributed by atoms with Gasteiger partial charge in [-0.25, -0.2) is 4.63 Å². The number of aromatic nitrogens is 2. The van der Waals surface area contributed by atoms with E-state index in [9.17, 15) is 4.79 Å². The molecule has 0 unspecified atom stereocenters. The number of carbonyl (C=O) groups excluding carboxylic acids is 1. The third-order valence-corrected chi connectivity index (χ3v) is 4.96. The predicted octanol–water partition coefficient (Wildman–Crippen LogP) is 1.89. The molecule has 2 aromatic rings. The average Bonchev–Trinajstić information content (AvgIpc) is 3.18. The molecular formula is C17H22N4O2. The number of hydrogen-bond donors (Lipinski definition) is 0. The van der Waals surface area contributed by atoms with Gasteiger partial charge in [0.25, 0.3) is 0 Å². The van der Waals surface area contributed by atoms with Gasteiger partial charge in [-0.3, -0.25) is 0 Å². The highest BCUT2D eigenvalue weighted by molar-refractivity contribution is 5.89. The van der Waals surface area contributed by atoms with E-state index < -0.39 is 0 Å². The molecule has 2 saturated heterocycles. The van der Waals surface area contributed by atoms with Crippen molar-refractivity contribution in [2.45, 2.75) is 25.7 Å². The summed E-state index contributed by atoms with van der Waals surface area (Å²) in [4.78, 5) is 15.6. The van der Waals surface area contributed by atoms with Gasteiger partial charge in [-0.1, -0.05) is 0 Å².